The molecule has 2 aromatic rings. The van der Waals surface area contributed by atoms with E-state index in [0.717, 1.165) is 25.7 Å². The minimum Gasteiger partial charge on any atom is -0.350 e. The maximum absolute atomic E-state index is 13.1. The van der Waals surface area contributed by atoms with Crippen LogP contribution in [0.25, 0.3) is 10.9 Å². The van der Waals surface area contributed by atoms with Gasteiger partial charge in [0.05, 0.1) is 10.5 Å². The molecule has 0 bridgehead atoms. The number of amides is 1. The summed E-state index contributed by atoms with van der Waals surface area (Å²) in [4.78, 5) is 27.2. The molecule has 27 heavy (non-hydrogen) atoms. The van der Waals surface area contributed by atoms with Gasteiger partial charge in [0.25, 0.3) is 5.91 Å². The summed E-state index contributed by atoms with van der Waals surface area (Å²) in [5, 5.41) is 3.18. The highest BCUT2D eigenvalue weighted by atomic mass is 32.2. The van der Waals surface area contributed by atoms with E-state index in [1.54, 1.807) is 6.07 Å². The number of fused-ring (bicyclic) bond motifs is 1. The van der Waals surface area contributed by atoms with Crippen LogP contribution >= 0.6 is 0 Å². The van der Waals surface area contributed by atoms with Crippen molar-refractivity contribution in [3.8, 4) is 0 Å². The summed E-state index contributed by atoms with van der Waals surface area (Å²) in [6.07, 6.45) is 3.76. The fourth-order valence-corrected chi connectivity index (χ4v) is 4.90. The summed E-state index contributed by atoms with van der Waals surface area (Å²) in [7, 11) is -3.64. The number of nitrogens with zero attached hydrogens (tertiary/aromatic N) is 1. The topological polar surface area (TPSA) is 99.3 Å². The van der Waals surface area contributed by atoms with Crippen molar-refractivity contribution >= 4 is 26.8 Å². The van der Waals surface area contributed by atoms with E-state index < -0.39 is 21.5 Å². The lowest BCUT2D eigenvalue weighted by atomic mass is 10.1. The van der Waals surface area contributed by atoms with Crippen LogP contribution < -0.4 is 10.9 Å². The van der Waals surface area contributed by atoms with E-state index in [1.807, 2.05) is 13.8 Å². The SMILES string of the molecule is CC(C)NC(=O)c1cc(=O)[nH]c2ccc(S(=O)(=O)N3CCCCCC3)cc12. The largest absolute Gasteiger partial charge is 0.350 e. The van der Waals surface area contributed by atoms with Gasteiger partial charge in [0.1, 0.15) is 0 Å². The maximum Gasteiger partial charge on any atom is 0.252 e. The molecule has 0 spiro atoms. The van der Waals surface area contributed by atoms with Crippen molar-refractivity contribution in [2.45, 2.75) is 50.5 Å². The molecule has 1 aromatic carbocycles. The second kappa shape index (κ2) is 7.82. The van der Waals surface area contributed by atoms with Gasteiger partial charge in [-0.15, -0.1) is 0 Å². The van der Waals surface area contributed by atoms with Crippen molar-refractivity contribution < 1.29 is 13.2 Å². The van der Waals surface area contributed by atoms with Crippen LogP contribution in [0.5, 0.6) is 0 Å². The standard InChI is InChI=1S/C19H25N3O4S/c1-13(2)20-19(24)16-12-18(23)21-17-8-7-14(11-15(16)17)27(25,26)22-9-5-3-4-6-10-22/h7-8,11-13H,3-6,9-10H2,1-2H3,(H,20,24)(H,21,23). The molecule has 1 amide bonds. The Morgan fingerprint density at radius 1 is 1.11 bits per heavy atom. The Morgan fingerprint density at radius 3 is 2.41 bits per heavy atom. The van der Waals surface area contributed by atoms with Crippen LogP contribution in [0.2, 0.25) is 0 Å². The lowest BCUT2D eigenvalue weighted by molar-refractivity contribution is 0.0944. The monoisotopic (exact) mass is 391 g/mol. The number of aromatic amines is 1. The first-order valence-corrected chi connectivity index (χ1v) is 10.7. The van der Waals surface area contributed by atoms with Gasteiger partial charge in [-0.2, -0.15) is 4.31 Å². The average molecular weight is 391 g/mol. The number of carbonyl (C=O) groups excluding carboxylic acids is 1. The van der Waals surface area contributed by atoms with E-state index in [1.165, 1.54) is 22.5 Å². The Labute approximate surface area is 158 Å². The molecule has 0 saturated carbocycles. The van der Waals surface area contributed by atoms with Crippen molar-refractivity contribution in [3.05, 3.63) is 40.2 Å². The average Bonchev–Trinajstić information content (AvgIpc) is 2.89. The van der Waals surface area contributed by atoms with Crippen LogP contribution in [-0.2, 0) is 10.0 Å². The lowest BCUT2D eigenvalue weighted by Crippen LogP contribution is -2.32. The number of H-pyrrole nitrogens is 1. The quantitative estimate of drug-likeness (QED) is 0.835. The second-order valence-electron chi connectivity index (χ2n) is 7.20. The van der Waals surface area contributed by atoms with Gasteiger partial charge in [-0.25, -0.2) is 8.42 Å². The van der Waals surface area contributed by atoms with Crippen molar-refractivity contribution in [2.75, 3.05) is 13.1 Å². The van der Waals surface area contributed by atoms with Gasteiger partial charge in [-0.3, -0.25) is 9.59 Å². The number of rotatable bonds is 4. The van der Waals surface area contributed by atoms with Gasteiger partial charge in [0.2, 0.25) is 15.6 Å². The van der Waals surface area contributed by atoms with Gasteiger partial charge >= 0.3 is 0 Å². The third-order valence-electron chi connectivity index (χ3n) is 4.68. The Bertz CT molecular complexity index is 1000. The fraction of sp³-hybridized carbons (Fsp3) is 0.474. The summed E-state index contributed by atoms with van der Waals surface area (Å²) >= 11 is 0. The van der Waals surface area contributed by atoms with E-state index in [4.69, 9.17) is 0 Å². The number of sulfonamides is 1. The molecule has 2 N–H and O–H groups in total. The molecule has 1 fully saturated rings. The van der Waals surface area contributed by atoms with E-state index in [9.17, 15) is 18.0 Å². The van der Waals surface area contributed by atoms with Gasteiger partial charge in [-0.05, 0) is 44.9 Å². The molecule has 2 heterocycles. The lowest BCUT2D eigenvalue weighted by Gasteiger charge is -2.20. The number of pyridine rings is 1. The maximum atomic E-state index is 13.1. The number of hydrogen-bond donors (Lipinski definition) is 2. The number of carbonyl (C=O) groups is 1. The van der Waals surface area contributed by atoms with Crippen LogP contribution in [0.3, 0.4) is 0 Å². The number of benzene rings is 1. The summed E-state index contributed by atoms with van der Waals surface area (Å²) in [5.74, 6) is -0.398. The molecular weight excluding hydrogens is 366 g/mol. The molecule has 1 aromatic heterocycles. The number of aromatic nitrogens is 1. The minimum atomic E-state index is -3.64. The Morgan fingerprint density at radius 2 is 1.78 bits per heavy atom. The predicted octanol–water partition coefficient (Wildman–Crippen LogP) is 2.23. The van der Waals surface area contributed by atoms with E-state index in [0.29, 0.717) is 24.0 Å². The molecule has 0 unspecified atom stereocenters. The first kappa shape index (κ1) is 19.6. The van der Waals surface area contributed by atoms with Crippen LogP contribution in [0.1, 0.15) is 49.9 Å². The zero-order valence-corrected chi connectivity index (χ0v) is 16.4. The summed E-state index contributed by atoms with van der Waals surface area (Å²) in [6.45, 7) is 4.66. The highest BCUT2D eigenvalue weighted by Crippen LogP contribution is 2.24. The van der Waals surface area contributed by atoms with Crippen molar-refractivity contribution in [1.82, 2.24) is 14.6 Å². The van der Waals surface area contributed by atoms with Crippen LogP contribution in [0, 0.1) is 0 Å². The van der Waals surface area contributed by atoms with E-state index in [2.05, 4.69) is 10.3 Å². The first-order valence-electron chi connectivity index (χ1n) is 9.27. The van der Waals surface area contributed by atoms with Crippen LogP contribution in [0.4, 0.5) is 0 Å². The Kier molecular flexibility index (Phi) is 5.67. The van der Waals surface area contributed by atoms with Gasteiger partial charge in [-0.1, -0.05) is 12.8 Å². The van der Waals surface area contributed by atoms with E-state index >= 15 is 0 Å². The molecule has 1 aliphatic heterocycles. The third-order valence-corrected chi connectivity index (χ3v) is 6.58. The molecule has 0 aliphatic carbocycles. The summed E-state index contributed by atoms with van der Waals surface area (Å²) < 4.78 is 27.6. The summed E-state index contributed by atoms with van der Waals surface area (Å²) in [5.41, 5.74) is 0.209. The molecule has 146 valence electrons. The predicted molar refractivity (Wildman–Crippen MR) is 104 cm³/mol. The second-order valence-corrected chi connectivity index (χ2v) is 9.14. The molecule has 1 saturated heterocycles. The zero-order chi connectivity index (χ0) is 19.6. The Hall–Kier alpha value is -2.19. The normalized spacial score (nSPS) is 16.4. The first-order chi connectivity index (χ1) is 12.8. The number of hydrogen-bond acceptors (Lipinski definition) is 4. The molecule has 1 aliphatic rings. The zero-order valence-electron chi connectivity index (χ0n) is 15.6. The molecule has 7 nitrogen and oxygen atoms in total. The van der Waals surface area contributed by atoms with Crippen LogP contribution in [0.15, 0.2) is 34.0 Å². The Balaban J connectivity index is 2.09. The van der Waals surface area contributed by atoms with Crippen molar-refractivity contribution in [2.24, 2.45) is 0 Å². The fourth-order valence-electron chi connectivity index (χ4n) is 3.35. The molecule has 0 atom stereocenters. The van der Waals surface area contributed by atoms with E-state index in [-0.39, 0.29) is 16.5 Å². The molecule has 8 heteroatoms. The minimum absolute atomic E-state index is 0.101. The highest BCUT2D eigenvalue weighted by molar-refractivity contribution is 7.89. The number of nitrogens with one attached hydrogen (secondary N) is 2. The molecule has 3 rings (SSSR count). The van der Waals surface area contributed by atoms with Crippen molar-refractivity contribution in [3.63, 3.8) is 0 Å². The third kappa shape index (κ3) is 4.22. The van der Waals surface area contributed by atoms with Crippen molar-refractivity contribution in [1.29, 1.82) is 0 Å². The van der Waals surface area contributed by atoms with Gasteiger partial charge < -0.3 is 10.3 Å². The highest BCUT2D eigenvalue weighted by Gasteiger charge is 2.26. The summed E-state index contributed by atoms with van der Waals surface area (Å²) in [6, 6.07) is 5.63. The van der Waals surface area contributed by atoms with Gasteiger partial charge in [0.15, 0.2) is 0 Å². The smallest absolute Gasteiger partial charge is 0.252 e. The van der Waals surface area contributed by atoms with Crippen LogP contribution in [-0.4, -0.2) is 42.7 Å². The van der Waals surface area contributed by atoms with Gasteiger partial charge in [0, 0.05) is 36.1 Å². The molecule has 0 radical (unpaired) electrons. The molecular formula is C19H25N3O4S.